The number of benzene rings is 3. The number of carbonyl (C=O) groups is 2. The number of ether oxygens (including phenoxy) is 1. The van der Waals surface area contributed by atoms with E-state index in [1.165, 1.54) is 29.6 Å². The van der Waals surface area contributed by atoms with Crippen LogP contribution in [0.3, 0.4) is 0 Å². The molecule has 1 saturated heterocycles. The molecule has 0 spiro atoms. The predicted molar refractivity (Wildman–Crippen MR) is 162 cm³/mol. The number of carbonyl (C=O) groups excluding carboxylic acids is 2. The minimum atomic E-state index is -0.531. The monoisotopic (exact) mass is 576 g/mol. The molecule has 0 aromatic heterocycles. The lowest BCUT2D eigenvalue weighted by molar-refractivity contribution is -0.128. The highest BCUT2D eigenvalue weighted by Gasteiger charge is 2.39. The van der Waals surface area contributed by atoms with Gasteiger partial charge in [0.1, 0.15) is 16.8 Å². The molecule has 5 rings (SSSR count). The Bertz CT molecular complexity index is 1330. The Hall–Kier alpha value is -3.56. The molecule has 1 N–H and O–H groups in total. The van der Waals surface area contributed by atoms with Gasteiger partial charge in [-0.15, -0.1) is 11.8 Å². The summed E-state index contributed by atoms with van der Waals surface area (Å²) in [6, 6.07) is 22.1. The molecule has 2 heterocycles. The Labute approximate surface area is 245 Å². The lowest BCUT2D eigenvalue weighted by Gasteiger charge is -2.36. The molecule has 0 bridgehead atoms. The number of thioether (sulfide) groups is 1. The summed E-state index contributed by atoms with van der Waals surface area (Å²) in [5.74, 6) is -0.155. The van der Waals surface area contributed by atoms with Gasteiger partial charge in [0.15, 0.2) is 0 Å². The van der Waals surface area contributed by atoms with Crippen molar-refractivity contribution < 1.29 is 18.7 Å². The second-order valence-corrected chi connectivity index (χ2v) is 11.7. The molecule has 7 nitrogen and oxygen atoms in total. The molecule has 9 heteroatoms. The van der Waals surface area contributed by atoms with E-state index in [4.69, 9.17) is 4.74 Å². The molecule has 0 saturated carbocycles. The van der Waals surface area contributed by atoms with Gasteiger partial charge in [0.2, 0.25) is 11.8 Å². The molecule has 41 heavy (non-hydrogen) atoms. The summed E-state index contributed by atoms with van der Waals surface area (Å²) in [6.45, 7) is 7.53. The van der Waals surface area contributed by atoms with Crippen LogP contribution in [0, 0.1) is 11.7 Å². The second kappa shape index (κ2) is 13.4. The number of para-hydroxylation sites is 1. The van der Waals surface area contributed by atoms with Crippen LogP contribution >= 0.6 is 11.8 Å². The number of halogens is 1. The first kappa shape index (κ1) is 29.0. The first-order valence-corrected chi connectivity index (χ1v) is 15.0. The summed E-state index contributed by atoms with van der Waals surface area (Å²) in [6.07, 6.45) is 0.853. The second-order valence-electron chi connectivity index (χ2n) is 10.5. The minimum Gasteiger partial charge on any atom is -0.497 e. The Morgan fingerprint density at radius 1 is 1.02 bits per heavy atom. The molecule has 2 aliphatic rings. The third kappa shape index (κ3) is 7.02. The van der Waals surface area contributed by atoms with Gasteiger partial charge >= 0.3 is 0 Å². The van der Waals surface area contributed by atoms with Crippen LogP contribution in [0.5, 0.6) is 5.75 Å². The van der Waals surface area contributed by atoms with Gasteiger partial charge in [0.25, 0.3) is 0 Å². The first-order valence-electron chi connectivity index (χ1n) is 14.1. The Kier molecular flexibility index (Phi) is 9.46. The normalized spacial score (nSPS) is 18.1. The standard InChI is InChI=1S/C32H37FN4O3S/c1-23(30-32(39)37(22-24-8-10-25(33)11-9-24)28-6-3-4-7-29(28)41-30)31(38)34-16-5-17-35-18-20-36(21-19-35)26-12-14-27(40-2)15-13-26/h3-4,6-15,23,30H,5,16-22H2,1-2H3,(H,34,38). The average molecular weight is 577 g/mol. The molecule has 0 radical (unpaired) electrons. The van der Waals surface area contributed by atoms with Crippen molar-refractivity contribution in [2.45, 2.75) is 30.0 Å². The van der Waals surface area contributed by atoms with Crippen LogP contribution in [0.2, 0.25) is 0 Å². The number of methoxy groups -OCH3 is 1. The fourth-order valence-corrected chi connectivity index (χ4v) is 6.61. The van der Waals surface area contributed by atoms with Crippen LogP contribution < -0.4 is 19.9 Å². The number of nitrogens with zero attached hydrogens (tertiary/aromatic N) is 3. The zero-order valence-corrected chi connectivity index (χ0v) is 24.4. The predicted octanol–water partition coefficient (Wildman–Crippen LogP) is 4.81. The van der Waals surface area contributed by atoms with E-state index in [1.54, 1.807) is 24.1 Å². The smallest absolute Gasteiger partial charge is 0.241 e. The molecule has 2 amide bonds. The highest BCUT2D eigenvalue weighted by Crippen LogP contribution is 2.42. The van der Waals surface area contributed by atoms with Crippen molar-refractivity contribution in [2.24, 2.45) is 5.92 Å². The molecular weight excluding hydrogens is 539 g/mol. The summed E-state index contributed by atoms with van der Waals surface area (Å²) in [5, 5.41) is 2.54. The quantitative estimate of drug-likeness (QED) is 0.350. The lowest BCUT2D eigenvalue weighted by atomic mass is 10.0. The van der Waals surface area contributed by atoms with Crippen molar-refractivity contribution in [3.8, 4) is 5.75 Å². The van der Waals surface area contributed by atoms with Crippen molar-refractivity contribution in [1.29, 1.82) is 0 Å². The van der Waals surface area contributed by atoms with Crippen molar-refractivity contribution in [2.75, 3.05) is 56.2 Å². The number of fused-ring (bicyclic) bond motifs is 1. The average Bonchev–Trinajstić information content (AvgIpc) is 3.01. The summed E-state index contributed by atoms with van der Waals surface area (Å²) < 4.78 is 18.7. The third-order valence-corrected chi connectivity index (χ3v) is 9.26. The lowest BCUT2D eigenvalue weighted by Crippen LogP contribution is -2.48. The van der Waals surface area contributed by atoms with Gasteiger partial charge in [0.05, 0.1) is 25.3 Å². The molecule has 2 unspecified atom stereocenters. The number of hydrogen-bond acceptors (Lipinski definition) is 6. The fourth-order valence-electron chi connectivity index (χ4n) is 5.33. The molecule has 3 aromatic rings. The van der Waals surface area contributed by atoms with E-state index in [1.807, 2.05) is 43.3 Å². The third-order valence-electron chi connectivity index (χ3n) is 7.80. The van der Waals surface area contributed by atoms with E-state index in [0.717, 1.165) is 61.0 Å². The van der Waals surface area contributed by atoms with Crippen LogP contribution in [0.1, 0.15) is 18.9 Å². The van der Waals surface area contributed by atoms with Crippen molar-refractivity contribution in [3.05, 3.63) is 84.2 Å². The van der Waals surface area contributed by atoms with Gasteiger partial charge in [0, 0.05) is 43.3 Å². The van der Waals surface area contributed by atoms with E-state index in [-0.39, 0.29) is 17.6 Å². The van der Waals surface area contributed by atoms with Crippen molar-refractivity contribution >= 4 is 35.0 Å². The minimum absolute atomic E-state index is 0.101. The zero-order chi connectivity index (χ0) is 28.8. The van der Waals surface area contributed by atoms with Gasteiger partial charge < -0.3 is 19.9 Å². The molecule has 3 aromatic carbocycles. The number of hydrogen-bond donors (Lipinski definition) is 1. The zero-order valence-electron chi connectivity index (χ0n) is 23.6. The maximum absolute atomic E-state index is 13.6. The fraction of sp³-hybridized carbons (Fsp3) is 0.375. The van der Waals surface area contributed by atoms with Crippen LogP contribution in [-0.4, -0.2) is 68.3 Å². The summed E-state index contributed by atoms with van der Waals surface area (Å²) >= 11 is 1.45. The molecule has 0 aliphatic carbocycles. The molecule has 216 valence electrons. The largest absolute Gasteiger partial charge is 0.497 e. The van der Waals surface area contributed by atoms with Crippen LogP contribution in [0.15, 0.2) is 77.7 Å². The Morgan fingerprint density at radius 3 is 2.44 bits per heavy atom. The number of anilines is 2. The molecular formula is C32H37FN4O3S. The summed E-state index contributed by atoms with van der Waals surface area (Å²) in [5.41, 5.74) is 2.87. The summed E-state index contributed by atoms with van der Waals surface area (Å²) in [4.78, 5) is 34.3. The maximum atomic E-state index is 13.6. The number of amides is 2. The molecule has 2 atom stereocenters. The van der Waals surface area contributed by atoms with E-state index >= 15 is 0 Å². The topological polar surface area (TPSA) is 65.1 Å². The number of rotatable bonds is 10. The van der Waals surface area contributed by atoms with Crippen molar-refractivity contribution in [3.63, 3.8) is 0 Å². The van der Waals surface area contributed by atoms with Crippen molar-refractivity contribution in [1.82, 2.24) is 10.2 Å². The van der Waals surface area contributed by atoms with E-state index in [2.05, 4.69) is 27.2 Å². The maximum Gasteiger partial charge on any atom is 0.241 e. The van der Waals surface area contributed by atoms with Gasteiger partial charge in [-0.2, -0.15) is 0 Å². The number of nitrogens with one attached hydrogen (secondary N) is 1. The Morgan fingerprint density at radius 2 is 1.73 bits per heavy atom. The number of piperazine rings is 1. The summed E-state index contributed by atoms with van der Waals surface area (Å²) in [7, 11) is 1.68. The van der Waals surface area contributed by atoms with E-state index in [9.17, 15) is 14.0 Å². The van der Waals surface area contributed by atoms with Crippen LogP contribution in [0.4, 0.5) is 15.8 Å². The van der Waals surface area contributed by atoms with E-state index < -0.39 is 11.2 Å². The van der Waals surface area contributed by atoms with Crippen LogP contribution in [-0.2, 0) is 16.1 Å². The molecule has 1 fully saturated rings. The highest BCUT2D eigenvalue weighted by atomic mass is 32.2. The van der Waals surface area contributed by atoms with E-state index in [0.29, 0.717) is 13.1 Å². The highest BCUT2D eigenvalue weighted by molar-refractivity contribution is 8.01. The van der Waals surface area contributed by atoms with Crippen LogP contribution in [0.25, 0.3) is 0 Å². The Balaban J connectivity index is 1.10. The van der Waals surface area contributed by atoms with Gasteiger partial charge in [-0.25, -0.2) is 4.39 Å². The SMILES string of the molecule is COc1ccc(N2CCN(CCCNC(=O)C(C)C3Sc4ccccc4N(Cc4ccc(F)cc4)C3=O)CC2)cc1. The van der Waals surface area contributed by atoms with Gasteiger partial charge in [-0.3, -0.25) is 14.5 Å². The first-order chi connectivity index (χ1) is 19.9. The van der Waals surface area contributed by atoms with Gasteiger partial charge in [-0.1, -0.05) is 31.2 Å². The van der Waals surface area contributed by atoms with Gasteiger partial charge in [-0.05, 0) is 67.1 Å². The molecule has 2 aliphatic heterocycles.